The van der Waals surface area contributed by atoms with Gasteiger partial charge in [0, 0.05) is 19.6 Å². The summed E-state index contributed by atoms with van der Waals surface area (Å²) in [5.41, 5.74) is 0.682. The molecule has 0 unspecified atom stereocenters. The van der Waals surface area contributed by atoms with Crippen molar-refractivity contribution in [2.75, 3.05) is 13.1 Å². The molecule has 1 aromatic heterocycles. The highest BCUT2D eigenvalue weighted by Gasteiger charge is 2.25. The minimum Gasteiger partial charge on any atom is -0.337 e. The summed E-state index contributed by atoms with van der Waals surface area (Å²) in [6.07, 6.45) is 3.90. The van der Waals surface area contributed by atoms with E-state index < -0.39 is 0 Å². The molecule has 5 heteroatoms. The molecule has 1 aromatic rings. The van der Waals surface area contributed by atoms with Crippen LogP contribution in [0.25, 0.3) is 0 Å². The Hall–Kier alpha value is -0.840. The SMILES string of the molecule is CCn1ncc(Br)c1C(=O)N1CCC(C)CC1. The monoisotopic (exact) mass is 299 g/mol. The fourth-order valence-electron chi connectivity index (χ4n) is 2.18. The summed E-state index contributed by atoms with van der Waals surface area (Å²) in [6.45, 7) is 6.68. The Morgan fingerprint density at radius 2 is 2.18 bits per heavy atom. The summed E-state index contributed by atoms with van der Waals surface area (Å²) in [4.78, 5) is 14.3. The molecule has 0 radical (unpaired) electrons. The van der Waals surface area contributed by atoms with Gasteiger partial charge in [-0.2, -0.15) is 5.10 Å². The molecular formula is C12H18BrN3O. The zero-order valence-corrected chi connectivity index (χ0v) is 11.9. The van der Waals surface area contributed by atoms with Crippen molar-refractivity contribution in [3.8, 4) is 0 Å². The van der Waals surface area contributed by atoms with E-state index in [0.717, 1.165) is 42.9 Å². The van der Waals surface area contributed by atoms with E-state index >= 15 is 0 Å². The molecule has 0 N–H and O–H groups in total. The van der Waals surface area contributed by atoms with Gasteiger partial charge in [-0.1, -0.05) is 6.92 Å². The number of likely N-dealkylation sites (tertiary alicyclic amines) is 1. The predicted molar refractivity (Wildman–Crippen MR) is 69.9 cm³/mol. The Morgan fingerprint density at radius 1 is 1.53 bits per heavy atom. The molecule has 1 aliphatic heterocycles. The van der Waals surface area contributed by atoms with Crippen molar-refractivity contribution in [3.63, 3.8) is 0 Å². The topological polar surface area (TPSA) is 38.1 Å². The second-order valence-electron chi connectivity index (χ2n) is 4.63. The highest BCUT2D eigenvalue weighted by atomic mass is 79.9. The summed E-state index contributed by atoms with van der Waals surface area (Å²) >= 11 is 3.41. The van der Waals surface area contributed by atoms with Crippen molar-refractivity contribution in [2.24, 2.45) is 5.92 Å². The first-order valence-corrected chi connectivity index (χ1v) is 6.93. The molecule has 1 aliphatic rings. The molecule has 4 nitrogen and oxygen atoms in total. The number of aromatic nitrogens is 2. The van der Waals surface area contributed by atoms with Crippen LogP contribution in [0, 0.1) is 5.92 Å². The van der Waals surface area contributed by atoms with Gasteiger partial charge >= 0.3 is 0 Å². The number of rotatable bonds is 2. The number of nitrogens with zero attached hydrogens (tertiary/aromatic N) is 3. The second-order valence-corrected chi connectivity index (χ2v) is 5.49. The van der Waals surface area contributed by atoms with E-state index in [-0.39, 0.29) is 5.91 Å². The Balaban J connectivity index is 2.16. The van der Waals surface area contributed by atoms with Crippen LogP contribution in [-0.4, -0.2) is 33.7 Å². The zero-order valence-electron chi connectivity index (χ0n) is 10.3. The maximum Gasteiger partial charge on any atom is 0.273 e. The van der Waals surface area contributed by atoms with Crippen molar-refractivity contribution in [3.05, 3.63) is 16.4 Å². The highest BCUT2D eigenvalue weighted by Crippen LogP contribution is 2.22. The van der Waals surface area contributed by atoms with Gasteiger partial charge in [0.2, 0.25) is 0 Å². The number of hydrogen-bond donors (Lipinski definition) is 0. The summed E-state index contributed by atoms with van der Waals surface area (Å²) in [6, 6.07) is 0. The van der Waals surface area contributed by atoms with Gasteiger partial charge in [0.1, 0.15) is 5.69 Å². The highest BCUT2D eigenvalue weighted by molar-refractivity contribution is 9.10. The standard InChI is InChI=1S/C12H18BrN3O/c1-3-16-11(10(13)8-14-16)12(17)15-6-4-9(2)5-7-15/h8-9H,3-7H2,1-2H3. The molecule has 0 spiro atoms. The molecule has 1 amide bonds. The lowest BCUT2D eigenvalue weighted by Crippen LogP contribution is -2.39. The normalized spacial score (nSPS) is 17.5. The maximum absolute atomic E-state index is 12.4. The first-order chi connectivity index (χ1) is 8.13. The lowest BCUT2D eigenvalue weighted by molar-refractivity contribution is 0.0683. The Morgan fingerprint density at radius 3 is 2.76 bits per heavy atom. The molecule has 0 saturated carbocycles. The maximum atomic E-state index is 12.4. The van der Waals surface area contributed by atoms with Crippen molar-refractivity contribution in [1.82, 2.24) is 14.7 Å². The first-order valence-electron chi connectivity index (χ1n) is 6.14. The average molecular weight is 300 g/mol. The van der Waals surface area contributed by atoms with Crippen LogP contribution in [0.3, 0.4) is 0 Å². The number of amides is 1. The number of piperidine rings is 1. The van der Waals surface area contributed by atoms with Crippen molar-refractivity contribution >= 4 is 21.8 Å². The van der Waals surface area contributed by atoms with Crippen LogP contribution in [0.4, 0.5) is 0 Å². The lowest BCUT2D eigenvalue weighted by atomic mass is 9.99. The van der Waals surface area contributed by atoms with E-state index in [1.54, 1.807) is 10.9 Å². The van der Waals surface area contributed by atoms with Crippen LogP contribution < -0.4 is 0 Å². The van der Waals surface area contributed by atoms with E-state index in [0.29, 0.717) is 5.69 Å². The number of carbonyl (C=O) groups is 1. The molecule has 2 rings (SSSR count). The molecule has 17 heavy (non-hydrogen) atoms. The number of aryl methyl sites for hydroxylation is 1. The van der Waals surface area contributed by atoms with Gasteiger partial charge in [-0.05, 0) is 41.6 Å². The molecule has 2 heterocycles. The lowest BCUT2D eigenvalue weighted by Gasteiger charge is -2.30. The first kappa shape index (κ1) is 12.6. The van der Waals surface area contributed by atoms with Gasteiger partial charge in [0.15, 0.2) is 0 Å². The summed E-state index contributed by atoms with van der Waals surface area (Å²) < 4.78 is 2.55. The Bertz CT molecular complexity index is 408. The van der Waals surface area contributed by atoms with E-state index in [1.165, 1.54) is 0 Å². The molecule has 1 fully saturated rings. The average Bonchev–Trinajstić information content (AvgIpc) is 2.70. The third-order valence-electron chi connectivity index (χ3n) is 3.37. The molecular weight excluding hydrogens is 282 g/mol. The van der Waals surface area contributed by atoms with E-state index in [9.17, 15) is 4.79 Å². The van der Waals surface area contributed by atoms with E-state index in [1.807, 2.05) is 11.8 Å². The largest absolute Gasteiger partial charge is 0.337 e. The van der Waals surface area contributed by atoms with Gasteiger partial charge in [-0.15, -0.1) is 0 Å². The molecule has 94 valence electrons. The van der Waals surface area contributed by atoms with Crippen molar-refractivity contribution < 1.29 is 4.79 Å². The smallest absolute Gasteiger partial charge is 0.273 e. The minimum atomic E-state index is 0.100. The number of carbonyl (C=O) groups excluding carboxylic acids is 1. The van der Waals surface area contributed by atoms with Gasteiger partial charge in [-0.25, -0.2) is 0 Å². The Kier molecular flexibility index (Phi) is 3.86. The summed E-state index contributed by atoms with van der Waals surface area (Å²) in [5.74, 6) is 0.835. The van der Waals surface area contributed by atoms with Crippen molar-refractivity contribution in [1.29, 1.82) is 0 Å². The fourth-order valence-corrected chi connectivity index (χ4v) is 2.64. The zero-order chi connectivity index (χ0) is 12.4. The number of halogens is 1. The quantitative estimate of drug-likeness (QED) is 0.842. The number of hydrogen-bond acceptors (Lipinski definition) is 2. The summed E-state index contributed by atoms with van der Waals surface area (Å²) in [5, 5.41) is 4.19. The molecule has 0 bridgehead atoms. The van der Waals surface area contributed by atoms with Crippen LogP contribution in [0.5, 0.6) is 0 Å². The molecule has 0 atom stereocenters. The Labute approximate surface area is 110 Å². The fraction of sp³-hybridized carbons (Fsp3) is 0.667. The van der Waals surface area contributed by atoms with Crippen LogP contribution in [0.1, 0.15) is 37.2 Å². The van der Waals surface area contributed by atoms with Gasteiger partial charge in [-0.3, -0.25) is 9.48 Å². The third kappa shape index (κ3) is 2.54. The van der Waals surface area contributed by atoms with Gasteiger partial charge in [0.25, 0.3) is 5.91 Å². The molecule has 0 aliphatic carbocycles. The van der Waals surface area contributed by atoms with Crippen LogP contribution in [0.15, 0.2) is 10.7 Å². The predicted octanol–water partition coefficient (Wildman–Crippen LogP) is 2.54. The summed E-state index contributed by atoms with van der Waals surface area (Å²) in [7, 11) is 0. The molecule has 1 saturated heterocycles. The van der Waals surface area contributed by atoms with E-state index in [4.69, 9.17) is 0 Å². The van der Waals surface area contributed by atoms with Gasteiger partial charge in [0.05, 0.1) is 10.7 Å². The van der Waals surface area contributed by atoms with Crippen LogP contribution in [0.2, 0.25) is 0 Å². The second kappa shape index (κ2) is 5.21. The van der Waals surface area contributed by atoms with Crippen LogP contribution in [-0.2, 0) is 6.54 Å². The van der Waals surface area contributed by atoms with E-state index in [2.05, 4.69) is 28.0 Å². The van der Waals surface area contributed by atoms with Crippen LogP contribution >= 0.6 is 15.9 Å². The van der Waals surface area contributed by atoms with Gasteiger partial charge < -0.3 is 4.90 Å². The molecule has 0 aromatic carbocycles. The minimum absolute atomic E-state index is 0.100. The van der Waals surface area contributed by atoms with Crippen molar-refractivity contribution in [2.45, 2.75) is 33.2 Å². The third-order valence-corrected chi connectivity index (χ3v) is 3.95.